The maximum atomic E-state index is 12.4. The van der Waals surface area contributed by atoms with Gasteiger partial charge in [-0.1, -0.05) is 48.5 Å². The van der Waals surface area contributed by atoms with E-state index in [1.807, 2.05) is 42.5 Å². The van der Waals surface area contributed by atoms with Crippen LogP contribution in [0.15, 0.2) is 72.8 Å². The van der Waals surface area contributed by atoms with Crippen LogP contribution in [0.2, 0.25) is 0 Å². The lowest BCUT2D eigenvalue weighted by molar-refractivity contribution is -0.122. The smallest absolute Gasteiger partial charge is 0.265 e. The molecule has 0 unspecified atom stereocenters. The molecule has 2 N–H and O–H groups in total. The third kappa shape index (κ3) is 4.60. The molecule has 0 spiro atoms. The van der Waals surface area contributed by atoms with Gasteiger partial charge in [0.2, 0.25) is 0 Å². The Labute approximate surface area is 174 Å². The van der Waals surface area contributed by atoms with Crippen LogP contribution < -0.4 is 20.1 Å². The van der Waals surface area contributed by atoms with Crippen molar-refractivity contribution in [1.82, 2.24) is 0 Å². The molecule has 6 heteroatoms. The van der Waals surface area contributed by atoms with E-state index in [0.717, 1.165) is 12.0 Å². The molecular weight excluding hydrogens is 380 g/mol. The molecule has 0 radical (unpaired) electrons. The minimum Gasteiger partial charge on any atom is -0.483 e. The second kappa shape index (κ2) is 8.69. The van der Waals surface area contributed by atoms with Gasteiger partial charge in [-0.05, 0) is 42.3 Å². The van der Waals surface area contributed by atoms with E-state index in [0.29, 0.717) is 22.9 Å². The Balaban J connectivity index is 1.38. The fourth-order valence-corrected chi connectivity index (χ4v) is 3.23. The zero-order valence-corrected chi connectivity index (χ0v) is 16.6. The summed E-state index contributed by atoms with van der Waals surface area (Å²) < 4.78 is 11.3. The van der Waals surface area contributed by atoms with Gasteiger partial charge in [0, 0.05) is 12.1 Å². The number of nitrogens with one attached hydrogen (secondary N) is 2. The molecule has 0 aliphatic carbocycles. The number of amides is 2. The zero-order valence-electron chi connectivity index (χ0n) is 16.6. The molecule has 30 heavy (non-hydrogen) atoms. The van der Waals surface area contributed by atoms with Crippen molar-refractivity contribution in [1.29, 1.82) is 0 Å². The Hall–Kier alpha value is -3.80. The van der Waals surface area contributed by atoms with Crippen LogP contribution in [0.25, 0.3) is 0 Å². The van der Waals surface area contributed by atoms with Crippen molar-refractivity contribution in [2.75, 3.05) is 17.2 Å². The summed E-state index contributed by atoms with van der Waals surface area (Å²) >= 11 is 0. The van der Waals surface area contributed by atoms with Crippen molar-refractivity contribution < 1.29 is 19.1 Å². The molecule has 152 valence electrons. The summed E-state index contributed by atoms with van der Waals surface area (Å²) in [5.74, 6) is 0.744. The molecular formula is C24H22N2O4. The predicted octanol–water partition coefficient (Wildman–Crippen LogP) is 4.01. The van der Waals surface area contributed by atoms with E-state index in [1.54, 1.807) is 25.1 Å². The van der Waals surface area contributed by atoms with Gasteiger partial charge < -0.3 is 20.1 Å². The summed E-state index contributed by atoms with van der Waals surface area (Å²) in [6.07, 6.45) is 0.184. The molecule has 3 aromatic carbocycles. The van der Waals surface area contributed by atoms with Crippen molar-refractivity contribution in [2.45, 2.75) is 19.4 Å². The van der Waals surface area contributed by atoms with E-state index in [4.69, 9.17) is 9.47 Å². The number of anilines is 2. The Morgan fingerprint density at radius 2 is 1.83 bits per heavy atom. The lowest BCUT2D eigenvalue weighted by atomic mass is 10.0. The van der Waals surface area contributed by atoms with Gasteiger partial charge in [0.05, 0.1) is 5.69 Å². The third-order valence-electron chi connectivity index (χ3n) is 4.76. The normalized spacial score (nSPS) is 14.8. The molecule has 0 saturated carbocycles. The molecule has 0 saturated heterocycles. The maximum absolute atomic E-state index is 12.4. The molecule has 3 aromatic rings. The molecule has 1 aliphatic heterocycles. The Kier molecular flexibility index (Phi) is 5.66. The largest absolute Gasteiger partial charge is 0.483 e. The fraction of sp³-hybridized carbons (Fsp3) is 0.167. The molecule has 4 rings (SSSR count). The first-order chi connectivity index (χ1) is 14.6. The van der Waals surface area contributed by atoms with Gasteiger partial charge in [0.1, 0.15) is 11.5 Å². The van der Waals surface area contributed by atoms with Gasteiger partial charge in [0.15, 0.2) is 12.7 Å². The number of rotatable bonds is 6. The molecule has 2 amide bonds. The first kappa shape index (κ1) is 19.5. The van der Waals surface area contributed by atoms with Crippen LogP contribution in [0.4, 0.5) is 11.4 Å². The lowest BCUT2D eigenvalue weighted by Gasteiger charge is -2.23. The number of ether oxygens (including phenoxy) is 2. The lowest BCUT2D eigenvalue weighted by Crippen LogP contribution is -2.34. The highest BCUT2D eigenvalue weighted by Gasteiger charge is 2.23. The van der Waals surface area contributed by atoms with E-state index in [-0.39, 0.29) is 18.4 Å². The second-order valence-corrected chi connectivity index (χ2v) is 7.07. The predicted molar refractivity (Wildman–Crippen MR) is 115 cm³/mol. The monoisotopic (exact) mass is 402 g/mol. The van der Waals surface area contributed by atoms with Gasteiger partial charge in [0.25, 0.3) is 11.8 Å². The zero-order chi connectivity index (χ0) is 20.9. The Bertz CT molecular complexity index is 1070. The Morgan fingerprint density at radius 1 is 1.07 bits per heavy atom. The quantitative estimate of drug-likeness (QED) is 0.653. The van der Waals surface area contributed by atoms with Crippen molar-refractivity contribution >= 4 is 23.2 Å². The number of carbonyl (C=O) groups is 2. The highest BCUT2D eigenvalue weighted by molar-refractivity contribution is 5.99. The average Bonchev–Trinajstić information content (AvgIpc) is 2.75. The highest BCUT2D eigenvalue weighted by atomic mass is 16.5. The first-order valence-corrected chi connectivity index (χ1v) is 9.74. The van der Waals surface area contributed by atoms with Crippen molar-refractivity contribution in [3.8, 4) is 11.5 Å². The van der Waals surface area contributed by atoms with E-state index in [1.165, 1.54) is 5.56 Å². The molecule has 6 nitrogen and oxygen atoms in total. The average molecular weight is 402 g/mol. The number of hydrogen-bond acceptors (Lipinski definition) is 4. The number of hydrogen-bond donors (Lipinski definition) is 2. The molecule has 1 atom stereocenters. The van der Waals surface area contributed by atoms with E-state index >= 15 is 0 Å². The third-order valence-corrected chi connectivity index (χ3v) is 4.76. The minimum absolute atomic E-state index is 0.122. The van der Waals surface area contributed by atoms with Crippen LogP contribution in [0.3, 0.4) is 0 Å². The van der Waals surface area contributed by atoms with Crippen LogP contribution in [-0.4, -0.2) is 24.5 Å². The molecule has 1 aliphatic rings. The summed E-state index contributed by atoms with van der Waals surface area (Å²) in [6.45, 7) is 1.56. The van der Waals surface area contributed by atoms with Gasteiger partial charge in [-0.2, -0.15) is 0 Å². The fourth-order valence-electron chi connectivity index (χ4n) is 3.23. The van der Waals surface area contributed by atoms with Crippen molar-refractivity contribution in [3.63, 3.8) is 0 Å². The Morgan fingerprint density at radius 3 is 2.67 bits per heavy atom. The highest BCUT2D eigenvalue weighted by Crippen LogP contribution is 2.32. The molecule has 1 heterocycles. The van der Waals surface area contributed by atoms with Gasteiger partial charge in [-0.15, -0.1) is 0 Å². The summed E-state index contributed by atoms with van der Waals surface area (Å²) in [5.41, 5.74) is 3.27. The summed E-state index contributed by atoms with van der Waals surface area (Å²) in [4.78, 5) is 24.2. The van der Waals surface area contributed by atoms with Crippen molar-refractivity contribution in [3.05, 3.63) is 83.9 Å². The molecule has 0 aromatic heterocycles. The molecule has 0 fully saturated rings. The van der Waals surface area contributed by atoms with Gasteiger partial charge >= 0.3 is 0 Å². The van der Waals surface area contributed by atoms with E-state index < -0.39 is 6.10 Å². The van der Waals surface area contributed by atoms with Gasteiger partial charge in [-0.25, -0.2) is 0 Å². The van der Waals surface area contributed by atoms with Crippen molar-refractivity contribution in [2.24, 2.45) is 0 Å². The second-order valence-electron chi connectivity index (χ2n) is 7.07. The minimum atomic E-state index is -0.540. The molecule has 0 bridgehead atoms. The van der Waals surface area contributed by atoms with Crippen LogP contribution in [0.1, 0.15) is 18.1 Å². The summed E-state index contributed by atoms with van der Waals surface area (Å²) in [5, 5.41) is 5.55. The van der Waals surface area contributed by atoms with Crippen LogP contribution in [0.5, 0.6) is 11.5 Å². The maximum Gasteiger partial charge on any atom is 0.265 e. The first-order valence-electron chi connectivity index (χ1n) is 9.74. The van der Waals surface area contributed by atoms with Gasteiger partial charge in [-0.3, -0.25) is 9.59 Å². The van der Waals surface area contributed by atoms with Crippen LogP contribution in [-0.2, 0) is 16.0 Å². The number of carbonyl (C=O) groups excluding carboxylic acids is 2. The number of fused-ring (bicyclic) bond motifs is 1. The van der Waals surface area contributed by atoms with Crippen LogP contribution >= 0.6 is 0 Å². The van der Waals surface area contributed by atoms with E-state index in [2.05, 4.69) is 22.8 Å². The SMILES string of the molecule is C[C@H]1Oc2ccc(NC(=O)COc3ccccc3Cc3ccccc3)cc2NC1=O. The topological polar surface area (TPSA) is 76.7 Å². The summed E-state index contributed by atoms with van der Waals surface area (Å²) in [6, 6.07) is 22.9. The van der Waals surface area contributed by atoms with E-state index in [9.17, 15) is 9.59 Å². The number of benzene rings is 3. The standard InChI is InChI=1S/C24H22N2O4/c1-16-24(28)26-20-14-19(11-12-22(20)30-16)25-23(27)15-29-21-10-6-5-9-18(21)13-17-7-3-2-4-8-17/h2-12,14,16H,13,15H2,1H3,(H,25,27)(H,26,28)/t16-/m1/s1. The number of para-hydroxylation sites is 1. The summed E-state index contributed by atoms with van der Waals surface area (Å²) in [7, 11) is 0. The van der Waals surface area contributed by atoms with Crippen LogP contribution in [0, 0.1) is 0 Å².